The van der Waals surface area contributed by atoms with Gasteiger partial charge in [0.05, 0.1) is 24.0 Å². The van der Waals surface area contributed by atoms with E-state index in [1.807, 2.05) is 13.0 Å². The van der Waals surface area contributed by atoms with Crippen molar-refractivity contribution in [3.63, 3.8) is 0 Å². The molecule has 0 atom stereocenters. The molecule has 1 aromatic carbocycles. The van der Waals surface area contributed by atoms with Crippen LogP contribution in [0.1, 0.15) is 15.9 Å². The molecule has 0 unspecified atom stereocenters. The van der Waals surface area contributed by atoms with Gasteiger partial charge >= 0.3 is 5.97 Å². The summed E-state index contributed by atoms with van der Waals surface area (Å²) in [6.07, 6.45) is 1.39. The summed E-state index contributed by atoms with van der Waals surface area (Å²) in [6.45, 7) is 1.91. The Bertz CT molecular complexity index is 659. The van der Waals surface area contributed by atoms with Crippen LogP contribution in [0.5, 0.6) is 11.6 Å². The fourth-order valence-corrected chi connectivity index (χ4v) is 1.87. The van der Waals surface area contributed by atoms with E-state index in [0.717, 1.165) is 5.56 Å². The Morgan fingerprint density at radius 1 is 1.35 bits per heavy atom. The number of carbonyl (C=O) groups excluding carboxylic acids is 1. The van der Waals surface area contributed by atoms with Gasteiger partial charge in [0.2, 0.25) is 5.88 Å². The number of hydrogen-bond acceptors (Lipinski definition) is 5. The zero-order valence-corrected chi connectivity index (χ0v) is 11.8. The first-order valence-electron chi connectivity index (χ1n) is 5.79. The molecule has 0 amide bonds. The van der Waals surface area contributed by atoms with E-state index >= 15 is 0 Å². The Morgan fingerprint density at radius 3 is 2.75 bits per heavy atom. The number of carbonyl (C=O) groups is 1. The van der Waals surface area contributed by atoms with Gasteiger partial charge in [-0.05, 0) is 30.7 Å². The Labute approximate surface area is 121 Å². The molecule has 0 saturated carbocycles. The summed E-state index contributed by atoms with van der Waals surface area (Å²) in [6, 6.07) is 6.75. The van der Waals surface area contributed by atoms with Crippen LogP contribution in [0.4, 0.5) is 5.69 Å². The topological polar surface area (TPSA) is 74.4 Å². The maximum absolute atomic E-state index is 11.7. The Balaban J connectivity index is 2.40. The fraction of sp³-hybridized carbons (Fsp3) is 0.143. The van der Waals surface area contributed by atoms with Gasteiger partial charge in [0.25, 0.3) is 0 Å². The third kappa shape index (κ3) is 3.00. The quantitative estimate of drug-likeness (QED) is 0.879. The predicted octanol–water partition coefficient (Wildman–Crippen LogP) is 3.20. The lowest BCUT2D eigenvalue weighted by Crippen LogP contribution is -2.06. The number of anilines is 1. The van der Waals surface area contributed by atoms with E-state index in [1.54, 1.807) is 12.1 Å². The number of nitrogens with zero attached hydrogens (tertiary/aromatic N) is 1. The lowest BCUT2D eigenvalue weighted by atomic mass is 10.2. The number of aromatic nitrogens is 1. The number of aryl methyl sites for hydroxylation is 1. The van der Waals surface area contributed by atoms with Gasteiger partial charge in [-0.25, -0.2) is 9.78 Å². The summed E-state index contributed by atoms with van der Waals surface area (Å²) < 4.78 is 10.2. The van der Waals surface area contributed by atoms with Crippen LogP contribution in [-0.4, -0.2) is 18.1 Å². The van der Waals surface area contributed by atoms with Gasteiger partial charge in [0.1, 0.15) is 11.3 Å². The molecule has 0 radical (unpaired) electrons. The number of nitrogen functional groups attached to an aromatic ring is 1. The Morgan fingerprint density at radius 2 is 2.10 bits per heavy atom. The van der Waals surface area contributed by atoms with Gasteiger partial charge in [-0.1, -0.05) is 17.7 Å². The van der Waals surface area contributed by atoms with Gasteiger partial charge in [0, 0.05) is 0 Å². The van der Waals surface area contributed by atoms with Crippen LogP contribution in [0, 0.1) is 6.92 Å². The first kappa shape index (κ1) is 14.1. The van der Waals surface area contributed by atoms with Gasteiger partial charge < -0.3 is 15.2 Å². The second-order valence-corrected chi connectivity index (χ2v) is 4.56. The zero-order chi connectivity index (χ0) is 14.7. The van der Waals surface area contributed by atoms with Crippen LogP contribution < -0.4 is 10.5 Å². The number of ether oxygens (including phenoxy) is 2. The lowest BCUT2D eigenvalue weighted by Gasteiger charge is -2.10. The Kier molecular flexibility index (Phi) is 4.10. The van der Waals surface area contributed by atoms with E-state index < -0.39 is 5.97 Å². The minimum Gasteiger partial charge on any atom is -0.465 e. The standard InChI is InChI=1S/C14H13ClN2O3/c1-8-3-4-12(11(15)5-8)20-13-10(14(18)19-2)6-9(16)7-17-13/h3-7H,16H2,1-2H3. The monoisotopic (exact) mass is 292 g/mol. The molecule has 0 aliphatic heterocycles. The first-order valence-corrected chi connectivity index (χ1v) is 6.17. The summed E-state index contributed by atoms with van der Waals surface area (Å²) in [4.78, 5) is 15.7. The summed E-state index contributed by atoms with van der Waals surface area (Å²) in [7, 11) is 1.27. The summed E-state index contributed by atoms with van der Waals surface area (Å²) in [5.74, 6) is -0.0838. The molecule has 0 aliphatic carbocycles. The number of methoxy groups -OCH3 is 1. The molecular formula is C14H13ClN2O3. The van der Waals surface area contributed by atoms with E-state index in [9.17, 15) is 4.79 Å². The molecule has 0 bridgehead atoms. The van der Waals surface area contributed by atoms with E-state index in [4.69, 9.17) is 22.1 Å². The number of benzene rings is 1. The number of nitrogens with two attached hydrogens (primary N) is 1. The molecule has 20 heavy (non-hydrogen) atoms. The van der Waals surface area contributed by atoms with Crippen molar-refractivity contribution in [2.24, 2.45) is 0 Å². The van der Waals surface area contributed by atoms with Crippen LogP contribution in [0.25, 0.3) is 0 Å². The molecule has 0 fully saturated rings. The number of rotatable bonds is 3. The first-order chi connectivity index (χ1) is 9.51. The average molecular weight is 293 g/mol. The molecule has 6 heteroatoms. The molecule has 0 saturated heterocycles. The molecule has 0 spiro atoms. The third-order valence-electron chi connectivity index (χ3n) is 2.57. The molecule has 5 nitrogen and oxygen atoms in total. The smallest absolute Gasteiger partial charge is 0.343 e. The van der Waals surface area contributed by atoms with Crippen LogP contribution >= 0.6 is 11.6 Å². The summed E-state index contributed by atoms with van der Waals surface area (Å²) >= 11 is 6.08. The van der Waals surface area contributed by atoms with Crippen molar-refractivity contribution in [2.75, 3.05) is 12.8 Å². The molecule has 2 rings (SSSR count). The normalized spacial score (nSPS) is 10.2. The van der Waals surface area contributed by atoms with Crippen LogP contribution in [-0.2, 0) is 4.74 Å². The van der Waals surface area contributed by atoms with Crippen molar-refractivity contribution in [3.05, 3.63) is 46.6 Å². The maximum Gasteiger partial charge on any atom is 0.343 e. The minimum absolute atomic E-state index is 0.0943. The summed E-state index contributed by atoms with van der Waals surface area (Å²) in [5.41, 5.74) is 7.10. The largest absolute Gasteiger partial charge is 0.465 e. The number of pyridine rings is 1. The molecule has 0 aliphatic rings. The van der Waals surface area contributed by atoms with Crippen molar-refractivity contribution in [3.8, 4) is 11.6 Å². The fourth-order valence-electron chi connectivity index (χ4n) is 1.60. The number of halogens is 1. The number of esters is 1. The van der Waals surface area contributed by atoms with E-state index in [2.05, 4.69) is 9.72 Å². The second kappa shape index (κ2) is 5.79. The van der Waals surface area contributed by atoms with E-state index in [0.29, 0.717) is 16.5 Å². The Hall–Kier alpha value is -2.27. The number of hydrogen-bond donors (Lipinski definition) is 1. The van der Waals surface area contributed by atoms with Crippen LogP contribution in [0.15, 0.2) is 30.5 Å². The molecule has 2 aromatic rings. The SMILES string of the molecule is COC(=O)c1cc(N)cnc1Oc1ccc(C)cc1Cl. The molecule has 1 heterocycles. The highest BCUT2D eigenvalue weighted by Gasteiger charge is 2.17. The van der Waals surface area contributed by atoms with Crippen molar-refractivity contribution < 1.29 is 14.3 Å². The molecule has 2 N–H and O–H groups in total. The van der Waals surface area contributed by atoms with Gasteiger partial charge in [-0.3, -0.25) is 0 Å². The highest BCUT2D eigenvalue weighted by molar-refractivity contribution is 6.32. The lowest BCUT2D eigenvalue weighted by molar-refractivity contribution is 0.0597. The van der Waals surface area contributed by atoms with Gasteiger partial charge in [-0.15, -0.1) is 0 Å². The average Bonchev–Trinajstić information content (AvgIpc) is 2.42. The van der Waals surface area contributed by atoms with Crippen LogP contribution in [0.2, 0.25) is 5.02 Å². The van der Waals surface area contributed by atoms with Crippen molar-refractivity contribution in [1.82, 2.24) is 4.98 Å². The minimum atomic E-state index is -0.581. The van der Waals surface area contributed by atoms with Crippen molar-refractivity contribution in [1.29, 1.82) is 0 Å². The zero-order valence-electron chi connectivity index (χ0n) is 11.0. The summed E-state index contributed by atoms with van der Waals surface area (Å²) in [5, 5.41) is 0.430. The van der Waals surface area contributed by atoms with Gasteiger partial charge in [-0.2, -0.15) is 0 Å². The molecule has 1 aromatic heterocycles. The molecular weight excluding hydrogens is 280 g/mol. The van der Waals surface area contributed by atoms with Gasteiger partial charge in [0.15, 0.2) is 0 Å². The van der Waals surface area contributed by atoms with E-state index in [1.165, 1.54) is 19.4 Å². The van der Waals surface area contributed by atoms with E-state index in [-0.39, 0.29) is 11.4 Å². The van der Waals surface area contributed by atoms with Crippen LogP contribution in [0.3, 0.4) is 0 Å². The maximum atomic E-state index is 11.7. The predicted molar refractivity (Wildman–Crippen MR) is 76.3 cm³/mol. The second-order valence-electron chi connectivity index (χ2n) is 4.15. The highest BCUT2D eigenvalue weighted by Crippen LogP contribution is 2.31. The van der Waals surface area contributed by atoms with Crippen molar-refractivity contribution >= 4 is 23.3 Å². The highest BCUT2D eigenvalue weighted by atomic mass is 35.5. The van der Waals surface area contributed by atoms with Crippen molar-refractivity contribution in [2.45, 2.75) is 6.92 Å². The third-order valence-corrected chi connectivity index (χ3v) is 2.87. The molecule has 104 valence electrons.